The van der Waals surface area contributed by atoms with Gasteiger partial charge in [-0.15, -0.1) is 0 Å². The molecule has 4 nitrogen and oxygen atoms in total. The number of aromatic hydroxyl groups is 1. The van der Waals surface area contributed by atoms with Gasteiger partial charge < -0.3 is 15.7 Å². The van der Waals surface area contributed by atoms with Crippen molar-refractivity contribution in [3.05, 3.63) is 29.8 Å². The Balaban J connectivity index is 1.98. The summed E-state index contributed by atoms with van der Waals surface area (Å²) in [6.07, 6.45) is 2.59. The molecular weight excluding hydrogens is 228 g/mol. The zero-order valence-electron chi connectivity index (χ0n) is 10.7. The maximum atomic E-state index is 12.2. The van der Waals surface area contributed by atoms with Crippen LogP contribution in [-0.2, 0) is 11.3 Å². The number of nitrogens with zero attached hydrogens (tertiary/aromatic N) is 1. The van der Waals surface area contributed by atoms with E-state index in [0.29, 0.717) is 6.54 Å². The number of hydrogen-bond acceptors (Lipinski definition) is 3. The minimum absolute atomic E-state index is 0.0517. The highest BCUT2D eigenvalue weighted by atomic mass is 16.3. The Morgan fingerprint density at radius 3 is 2.78 bits per heavy atom. The Bertz CT molecular complexity index is 434. The third-order valence-electron chi connectivity index (χ3n) is 3.60. The molecule has 0 spiro atoms. The van der Waals surface area contributed by atoms with Crippen molar-refractivity contribution in [3.63, 3.8) is 0 Å². The fourth-order valence-corrected chi connectivity index (χ4v) is 2.53. The highest BCUT2D eigenvalue weighted by molar-refractivity contribution is 5.79. The van der Waals surface area contributed by atoms with E-state index in [1.54, 1.807) is 24.1 Å². The van der Waals surface area contributed by atoms with E-state index in [-0.39, 0.29) is 23.6 Å². The van der Waals surface area contributed by atoms with Crippen molar-refractivity contribution in [2.24, 2.45) is 11.7 Å². The van der Waals surface area contributed by atoms with E-state index in [1.165, 1.54) is 0 Å². The summed E-state index contributed by atoms with van der Waals surface area (Å²) < 4.78 is 0. The number of para-hydroxylation sites is 1. The third kappa shape index (κ3) is 2.82. The standard InChI is InChI=1S/C14H20N2O2/c1-16(9-11-4-2-3-5-13(11)17)14(18)10-6-7-12(15)8-10/h2-5,10,12,17H,6-9,15H2,1H3. The summed E-state index contributed by atoms with van der Waals surface area (Å²) in [5, 5.41) is 9.69. The van der Waals surface area contributed by atoms with Crippen molar-refractivity contribution < 1.29 is 9.90 Å². The predicted octanol–water partition coefficient (Wildman–Crippen LogP) is 1.48. The molecule has 2 atom stereocenters. The molecule has 1 amide bonds. The van der Waals surface area contributed by atoms with E-state index in [9.17, 15) is 9.90 Å². The number of carbonyl (C=O) groups excluding carboxylic acids is 1. The second-order valence-electron chi connectivity index (χ2n) is 5.09. The van der Waals surface area contributed by atoms with Crippen molar-refractivity contribution >= 4 is 5.91 Å². The normalized spacial score (nSPS) is 23.0. The number of rotatable bonds is 3. The number of carbonyl (C=O) groups is 1. The van der Waals surface area contributed by atoms with Crippen LogP contribution in [-0.4, -0.2) is 29.0 Å². The number of phenolic OH excluding ortho intramolecular Hbond substituents is 1. The van der Waals surface area contributed by atoms with Crippen LogP contribution >= 0.6 is 0 Å². The van der Waals surface area contributed by atoms with Gasteiger partial charge in [0, 0.05) is 31.1 Å². The molecule has 2 rings (SSSR count). The van der Waals surface area contributed by atoms with Crippen LogP contribution in [0.15, 0.2) is 24.3 Å². The molecule has 1 aromatic carbocycles. The molecule has 1 aliphatic rings. The molecule has 1 aromatic rings. The van der Waals surface area contributed by atoms with Crippen molar-refractivity contribution in [1.29, 1.82) is 0 Å². The Kier molecular flexibility index (Phi) is 3.87. The minimum Gasteiger partial charge on any atom is -0.508 e. The van der Waals surface area contributed by atoms with Gasteiger partial charge in [0.15, 0.2) is 0 Å². The first-order chi connectivity index (χ1) is 8.58. The lowest BCUT2D eigenvalue weighted by atomic mass is 10.1. The first-order valence-electron chi connectivity index (χ1n) is 6.35. The monoisotopic (exact) mass is 248 g/mol. The minimum atomic E-state index is 0.0517. The van der Waals surface area contributed by atoms with Crippen molar-refractivity contribution in [3.8, 4) is 5.75 Å². The molecule has 1 aliphatic carbocycles. The van der Waals surface area contributed by atoms with Crippen molar-refractivity contribution in [1.82, 2.24) is 4.90 Å². The molecule has 0 radical (unpaired) electrons. The number of phenols is 1. The van der Waals surface area contributed by atoms with Gasteiger partial charge in [-0.2, -0.15) is 0 Å². The molecule has 0 heterocycles. The van der Waals surface area contributed by atoms with E-state index in [4.69, 9.17) is 5.73 Å². The van der Waals surface area contributed by atoms with Gasteiger partial charge in [0.25, 0.3) is 0 Å². The second kappa shape index (κ2) is 5.40. The molecule has 2 unspecified atom stereocenters. The van der Waals surface area contributed by atoms with Gasteiger partial charge >= 0.3 is 0 Å². The number of amides is 1. The summed E-state index contributed by atoms with van der Waals surface area (Å²) in [6.45, 7) is 0.442. The maximum absolute atomic E-state index is 12.2. The zero-order chi connectivity index (χ0) is 13.1. The van der Waals surface area contributed by atoms with E-state index in [0.717, 1.165) is 24.8 Å². The zero-order valence-corrected chi connectivity index (χ0v) is 10.7. The van der Waals surface area contributed by atoms with E-state index < -0.39 is 0 Å². The largest absolute Gasteiger partial charge is 0.508 e. The molecular formula is C14H20N2O2. The van der Waals surface area contributed by atoms with Crippen LogP contribution in [0.5, 0.6) is 5.75 Å². The molecule has 1 fully saturated rings. The lowest BCUT2D eigenvalue weighted by Gasteiger charge is -2.21. The van der Waals surface area contributed by atoms with Crippen LogP contribution in [0.3, 0.4) is 0 Å². The Morgan fingerprint density at radius 2 is 2.17 bits per heavy atom. The van der Waals surface area contributed by atoms with E-state index >= 15 is 0 Å². The van der Waals surface area contributed by atoms with Gasteiger partial charge in [-0.3, -0.25) is 4.79 Å². The summed E-state index contributed by atoms with van der Waals surface area (Å²) in [4.78, 5) is 13.9. The molecule has 4 heteroatoms. The van der Waals surface area contributed by atoms with Crippen LogP contribution in [0.25, 0.3) is 0 Å². The smallest absolute Gasteiger partial charge is 0.225 e. The van der Waals surface area contributed by atoms with Gasteiger partial charge in [0.2, 0.25) is 5.91 Å². The molecule has 1 saturated carbocycles. The highest BCUT2D eigenvalue weighted by Crippen LogP contribution is 2.26. The van der Waals surface area contributed by atoms with Crippen LogP contribution in [0.4, 0.5) is 0 Å². The van der Waals surface area contributed by atoms with Crippen molar-refractivity contribution in [2.45, 2.75) is 31.8 Å². The lowest BCUT2D eigenvalue weighted by molar-refractivity contribution is -0.134. The average Bonchev–Trinajstić information content (AvgIpc) is 2.78. The van der Waals surface area contributed by atoms with Crippen LogP contribution in [0.1, 0.15) is 24.8 Å². The maximum Gasteiger partial charge on any atom is 0.225 e. The summed E-state index contributed by atoms with van der Waals surface area (Å²) in [5.74, 6) is 0.419. The molecule has 18 heavy (non-hydrogen) atoms. The fraction of sp³-hybridized carbons (Fsp3) is 0.500. The Morgan fingerprint density at radius 1 is 1.44 bits per heavy atom. The molecule has 98 valence electrons. The number of nitrogens with two attached hydrogens (primary N) is 1. The number of benzene rings is 1. The van der Waals surface area contributed by atoms with Crippen LogP contribution < -0.4 is 5.73 Å². The van der Waals surface area contributed by atoms with Crippen LogP contribution in [0, 0.1) is 5.92 Å². The average molecular weight is 248 g/mol. The summed E-state index contributed by atoms with van der Waals surface area (Å²) in [5.41, 5.74) is 6.60. The SMILES string of the molecule is CN(Cc1ccccc1O)C(=O)C1CCC(N)C1. The van der Waals surface area contributed by atoms with Gasteiger partial charge in [-0.25, -0.2) is 0 Å². The molecule has 0 aliphatic heterocycles. The quantitative estimate of drug-likeness (QED) is 0.851. The highest BCUT2D eigenvalue weighted by Gasteiger charge is 2.29. The first-order valence-corrected chi connectivity index (χ1v) is 6.35. The molecule has 3 N–H and O–H groups in total. The van der Waals surface area contributed by atoms with Gasteiger partial charge in [0.05, 0.1) is 0 Å². The Labute approximate surface area is 107 Å². The first kappa shape index (κ1) is 12.9. The summed E-state index contributed by atoms with van der Waals surface area (Å²) in [6, 6.07) is 7.27. The summed E-state index contributed by atoms with van der Waals surface area (Å²) >= 11 is 0. The Hall–Kier alpha value is -1.55. The molecule has 0 aromatic heterocycles. The molecule has 0 bridgehead atoms. The number of hydrogen-bond donors (Lipinski definition) is 2. The van der Waals surface area contributed by atoms with Crippen LogP contribution in [0.2, 0.25) is 0 Å². The predicted molar refractivity (Wildman–Crippen MR) is 69.9 cm³/mol. The van der Waals surface area contributed by atoms with Gasteiger partial charge in [-0.05, 0) is 25.3 Å². The lowest BCUT2D eigenvalue weighted by Crippen LogP contribution is -2.32. The topological polar surface area (TPSA) is 66.6 Å². The second-order valence-corrected chi connectivity index (χ2v) is 5.09. The fourth-order valence-electron chi connectivity index (χ4n) is 2.53. The van der Waals surface area contributed by atoms with Gasteiger partial charge in [-0.1, -0.05) is 18.2 Å². The molecule has 0 saturated heterocycles. The van der Waals surface area contributed by atoms with E-state index in [1.807, 2.05) is 12.1 Å². The summed E-state index contributed by atoms with van der Waals surface area (Å²) in [7, 11) is 1.78. The van der Waals surface area contributed by atoms with Crippen molar-refractivity contribution in [2.75, 3.05) is 7.05 Å². The van der Waals surface area contributed by atoms with E-state index in [2.05, 4.69) is 0 Å². The third-order valence-corrected chi connectivity index (χ3v) is 3.60. The van der Waals surface area contributed by atoms with Gasteiger partial charge in [0.1, 0.15) is 5.75 Å².